The molecule has 1 N–H and O–H groups in total. The third-order valence-electron chi connectivity index (χ3n) is 3.67. The van der Waals surface area contributed by atoms with Crippen molar-refractivity contribution in [2.24, 2.45) is 5.92 Å². The maximum absolute atomic E-state index is 12.2. The van der Waals surface area contributed by atoms with E-state index in [4.69, 9.17) is 4.52 Å². The average Bonchev–Trinajstić information content (AvgIpc) is 2.89. The van der Waals surface area contributed by atoms with Crippen LogP contribution in [0.15, 0.2) is 16.9 Å². The van der Waals surface area contributed by atoms with Crippen molar-refractivity contribution in [1.82, 2.24) is 15.4 Å². The first-order chi connectivity index (χ1) is 7.77. The predicted molar refractivity (Wildman–Crippen MR) is 56.9 cm³/mol. The minimum absolute atomic E-state index is 0.00236. The number of carbonyl (C=O) groups is 1. The van der Waals surface area contributed by atoms with Crippen molar-refractivity contribution < 1.29 is 9.32 Å². The lowest BCUT2D eigenvalue weighted by atomic mass is 10.0. The molecule has 1 aromatic rings. The number of nitrogens with zero attached hydrogens (tertiary/aromatic N) is 2. The molecule has 0 radical (unpaired) electrons. The molecule has 1 aromatic heterocycles. The fourth-order valence-corrected chi connectivity index (χ4v) is 2.97. The Hall–Kier alpha value is -1.36. The fourth-order valence-electron chi connectivity index (χ4n) is 2.97. The molecule has 3 heterocycles. The molecule has 1 amide bonds. The molecular formula is C11H15N3O2. The minimum Gasteiger partial charge on any atom is -0.364 e. The number of carbonyl (C=O) groups excluding carboxylic acids is 1. The van der Waals surface area contributed by atoms with E-state index < -0.39 is 0 Å². The second-order valence-electron chi connectivity index (χ2n) is 4.67. The van der Waals surface area contributed by atoms with Crippen molar-refractivity contribution in [2.45, 2.75) is 25.4 Å². The van der Waals surface area contributed by atoms with Crippen molar-refractivity contribution in [3.8, 4) is 0 Å². The van der Waals surface area contributed by atoms with E-state index in [1.165, 1.54) is 6.26 Å². The first-order valence-electron chi connectivity index (χ1n) is 5.71. The number of amides is 1. The molecule has 16 heavy (non-hydrogen) atoms. The van der Waals surface area contributed by atoms with Crippen molar-refractivity contribution in [2.75, 3.05) is 13.1 Å². The van der Waals surface area contributed by atoms with Crippen LogP contribution < -0.4 is 5.32 Å². The third-order valence-corrected chi connectivity index (χ3v) is 3.67. The zero-order chi connectivity index (χ0) is 11.1. The summed E-state index contributed by atoms with van der Waals surface area (Å²) in [6.07, 6.45) is 2.53. The lowest BCUT2D eigenvalue weighted by Crippen LogP contribution is -2.42. The number of fused-ring (bicyclic) bond motifs is 1. The summed E-state index contributed by atoms with van der Waals surface area (Å²) in [4.78, 5) is 14.2. The third kappa shape index (κ3) is 1.35. The van der Waals surface area contributed by atoms with Crippen LogP contribution in [0, 0.1) is 5.92 Å². The van der Waals surface area contributed by atoms with Gasteiger partial charge in [0.25, 0.3) is 5.91 Å². The Bertz CT molecular complexity index is 390. The summed E-state index contributed by atoms with van der Waals surface area (Å²) in [5, 5.41) is 7.06. The van der Waals surface area contributed by atoms with E-state index in [2.05, 4.69) is 17.4 Å². The quantitative estimate of drug-likeness (QED) is 0.750. The van der Waals surface area contributed by atoms with Gasteiger partial charge in [-0.15, -0.1) is 0 Å². The summed E-state index contributed by atoms with van der Waals surface area (Å²) in [6, 6.07) is 2.27. The molecule has 0 bridgehead atoms. The van der Waals surface area contributed by atoms with E-state index in [1.54, 1.807) is 6.07 Å². The SMILES string of the molecule is CC1CC2CNCC2N1C(=O)c1ccon1. The molecule has 5 nitrogen and oxygen atoms in total. The molecule has 2 fully saturated rings. The van der Waals surface area contributed by atoms with Crippen LogP contribution in [0.5, 0.6) is 0 Å². The van der Waals surface area contributed by atoms with Crippen molar-refractivity contribution in [3.63, 3.8) is 0 Å². The van der Waals surface area contributed by atoms with Crippen LogP contribution in [-0.4, -0.2) is 41.1 Å². The zero-order valence-electron chi connectivity index (χ0n) is 9.22. The van der Waals surface area contributed by atoms with Crippen molar-refractivity contribution in [1.29, 1.82) is 0 Å². The highest BCUT2D eigenvalue weighted by Crippen LogP contribution is 2.33. The largest absolute Gasteiger partial charge is 0.364 e. The highest BCUT2D eigenvalue weighted by atomic mass is 16.5. The first kappa shape index (κ1) is 9.84. The van der Waals surface area contributed by atoms with Crippen LogP contribution in [0.1, 0.15) is 23.8 Å². The fraction of sp³-hybridized carbons (Fsp3) is 0.636. The summed E-state index contributed by atoms with van der Waals surface area (Å²) in [6.45, 7) is 4.03. The van der Waals surface area contributed by atoms with Crippen LogP contribution in [0.3, 0.4) is 0 Å². The second kappa shape index (κ2) is 3.59. The van der Waals surface area contributed by atoms with Gasteiger partial charge in [0, 0.05) is 31.2 Å². The van der Waals surface area contributed by atoms with Gasteiger partial charge in [0.15, 0.2) is 5.69 Å². The Kier molecular flexibility index (Phi) is 2.21. The van der Waals surface area contributed by atoms with Crippen molar-refractivity contribution in [3.05, 3.63) is 18.0 Å². The van der Waals surface area contributed by atoms with E-state index >= 15 is 0 Å². The summed E-state index contributed by atoms with van der Waals surface area (Å²) >= 11 is 0. The van der Waals surface area contributed by atoms with E-state index in [1.807, 2.05) is 4.90 Å². The Morgan fingerprint density at radius 3 is 3.25 bits per heavy atom. The average molecular weight is 221 g/mol. The van der Waals surface area contributed by atoms with Crippen molar-refractivity contribution >= 4 is 5.91 Å². The molecule has 3 unspecified atom stereocenters. The first-order valence-corrected chi connectivity index (χ1v) is 5.71. The number of nitrogens with one attached hydrogen (secondary N) is 1. The lowest BCUT2D eigenvalue weighted by Gasteiger charge is -2.26. The van der Waals surface area contributed by atoms with Crippen LogP contribution in [-0.2, 0) is 0 Å². The molecule has 5 heteroatoms. The van der Waals surface area contributed by atoms with E-state index in [0.717, 1.165) is 19.5 Å². The smallest absolute Gasteiger partial charge is 0.276 e. The number of aromatic nitrogens is 1. The predicted octanol–water partition coefficient (Wildman–Crippen LogP) is 0.497. The van der Waals surface area contributed by atoms with E-state index in [-0.39, 0.29) is 5.91 Å². The molecule has 0 spiro atoms. The van der Waals surface area contributed by atoms with Gasteiger partial charge in [-0.3, -0.25) is 4.79 Å². The number of hydrogen-bond donors (Lipinski definition) is 1. The highest BCUT2D eigenvalue weighted by Gasteiger charge is 2.44. The van der Waals surface area contributed by atoms with Crippen LogP contribution >= 0.6 is 0 Å². The highest BCUT2D eigenvalue weighted by molar-refractivity contribution is 5.92. The number of hydrogen-bond acceptors (Lipinski definition) is 4. The summed E-state index contributed by atoms with van der Waals surface area (Å²) in [5.74, 6) is 0.600. The molecule has 3 atom stereocenters. The Morgan fingerprint density at radius 2 is 2.50 bits per heavy atom. The molecular weight excluding hydrogens is 206 g/mol. The number of rotatable bonds is 1. The normalized spacial score (nSPS) is 33.1. The van der Waals surface area contributed by atoms with Crippen LogP contribution in [0.2, 0.25) is 0 Å². The van der Waals surface area contributed by atoms with Gasteiger partial charge < -0.3 is 14.7 Å². The lowest BCUT2D eigenvalue weighted by molar-refractivity contribution is 0.0671. The number of likely N-dealkylation sites (tertiary alicyclic amines) is 1. The Morgan fingerprint density at radius 1 is 1.62 bits per heavy atom. The van der Waals surface area contributed by atoms with Gasteiger partial charge in [-0.2, -0.15) is 0 Å². The molecule has 2 aliphatic heterocycles. The Balaban J connectivity index is 1.86. The molecule has 3 rings (SSSR count). The molecule has 86 valence electrons. The van der Waals surface area contributed by atoms with Gasteiger partial charge >= 0.3 is 0 Å². The maximum atomic E-state index is 12.2. The topological polar surface area (TPSA) is 58.4 Å². The standard InChI is InChI=1S/C11H15N3O2/c1-7-4-8-5-12-6-10(8)14(7)11(15)9-2-3-16-13-9/h2-3,7-8,10,12H,4-6H2,1H3. The summed E-state index contributed by atoms with van der Waals surface area (Å²) in [5.41, 5.74) is 0.416. The van der Waals surface area contributed by atoms with E-state index in [0.29, 0.717) is 23.7 Å². The van der Waals surface area contributed by atoms with Gasteiger partial charge in [-0.25, -0.2) is 0 Å². The van der Waals surface area contributed by atoms with Gasteiger partial charge in [0.2, 0.25) is 0 Å². The van der Waals surface area contributed by atoms with Gasteiger partial charge in [-0.1, -0.05) is 5.16 Å². The van der Waals surface area contributed by atoms with Crippen LogP contribution in [0.25, 0.3) is 0 Å². The van der Waals surface area contributed by atoms with Crippen LogP contribution in [0.4, 0.5) is 0 Å². The second-order valence-corrected chi connectivity index (χ2v) is 4.67. The molecule has 0 aromatic carbocycles. The van der Waals surface area contributed by atoms with Gasteiger partial charge in [-0.05, 0) is 19.3 Å². The van der Waals surface area contributed by atoms with Gasteiger partial charge in [0.1, 0.15) is 6.26 Å². The molecule has 0 aliphatic carbocycles. The maximum Gasteiger partial charge on any atom is 0.276 e. The minimum atomic E-state index is -0.00236. The molecule has 0 saturated carbocycles. The molecule has 2 saturated heterocycles. The monoisotopic (exact) mass is 221 g/mol. The van der Waals surface area contributed by atoms with E-state index in [9.17, 15) is 4.79 Å². The van der Waals surface area contributed by atoms with Gasteiger partial charge in [0.05, 0.1) is 0 Å². The summed E-state index contributed by atoms with van der Waals surface area (Å²) in [7, 11) is 0. The molecule has 2 aliphatic rings. The summed E-state index contributed by atoms with van der Waals surface area (Å²) < 4.78 is 4.73. The zero-order valence-corrected chi connectivity index (χ0v) is 9.22. The Labute approximate surface area is 93.8 Å².